The van der Waals surface area contributed by atoms with Gasteiger partial charge in [-0.25, -0.2) is 4.98 Å². The van der Waals surface area contributed by atoms with E-state index < -0.39 is 0 Å². The van der Waals surface area contributed by atoms with Crippen molar-refractivity contribution < 1.29 is 4.74 Å². The Morgan fingerprint density at radius 2 is 2.00 bits per heavy atom. The van der Waals surface area contributed by atoms with Crippen LogP contribution < -0.4 is 4.74 Å². The van der Waals surface area contributed by atoms with E-state index in [1.807, 2.05) is 43.6 Å². The number of methoxy groups -OCH3 is 1. The highest BCUT2D eigenvalue weighted by molar-refractivity contribution is 5.38. The normalized spacial score (nSPS) is 11.1. The average molecular weight is 311 g/mol. The summed E-state index contributed by atoms with van der Waals surface area (Å²) in [5.74, 6) is 1.84. The Labute approximate surface area is 135 Å². The molecule has 0 saturated carbocycles. The highest BCUT2D eigenvalue weighted by Crippen LogP contribution is 2.17. The third kappa shape index (κ3) is 3.60. The molecule has 1 aromatic carbocycles. The zero-order valence-corrected chi connectivity index (χ0v) is 13.7. The maximum Gasteiger partial charge on any atom is 0.127 e. The van der Waals surface area contributed by atoms with Gasteiger partial charge < -0.3 is 9.30 Å². The molecule has 0 radical (unpaired) electrons. The van der Waals surface area contributed by atoms with E-state index in [0.717, 1.165) is 41.7 Å². The van der Waals surface area contributed by atoms with Crippen LogP contribution in [0, 0.1) is 6.92 Å². The molecular weight excluding hydrogens is 290 g/mol. The van der Waals surface area contributed by atoms with E-state index >= 15 is 0 Å². The molecule has 0 aliphatic carbocycles. The molecule has 6 heteroatoms. The zero-order valence-electron chi connectivity index (χ0n) is 13.7. The highest BCUT2D eigenvalue weighted by atomic mass is 16.5. The lowest BCUT2D eigenvalue weighted by Crippen LogP contribution is -2.20. The summed E-state index contributed by atoms with van der Waals surface area (Å²) >= 11 is 0. The summed E-state index contributed by atoms with van der Waals surface area (Å²) in [6, 6.07) is 10.0. The minimum absolute atomic E-state index is 0.741. The fraction of sp³-hybridized carbons (Fsp3) is 0.294. The fourth-order valence-corrected chi connectivity index (χ4v) is 2.56. The van der Waals surface area contributed by atoms with Crippen molar-refractivity contribution >= 4 is 0 Å². The van der Waals surface area contributed by atoms with Crippen LogP contribution in [0.15, 0.2) is 42.7 Å². The van der Waals surface area contributed by atoms with E-state index in [1.54, 1.807) is 7.11 Å². The second-order valence-electron chi connectivity index (χ2n) is 5.63. The van der Waals surface area contributed by atoms with E-state index in [0.29, 0.717) is 0 Å². The van der Waals surface area contributed by atoms with Gasteiger partial charge in [0.1, 0.15) is 11.6 Å². The molecule has 3 rings (SSSR count). The molecule has 0 saturated heterocycles. The lowest BCUT2D eigenvalue weighted by Gasteiger charge is -2.16. The van der Waals surface area contributed by atoms with Gasteiger partial charge in [-0.2, -0.15) is 5.10 Å². The summed E-state index contributed by atoms with van der Waals surface area (Å²) in [5.41, 5.74) is 3.18. The molecule has 0 unspecified atom stereocenters. The maximum atomic E-state index is 5.21. The predicted octanol–water partition coefficient (Wildman–Crippen LogP) is 2.54. The van der Waals surface area contributed by atoms with Crippen LogP contribution in [0.1, 0.15) is 17.2 Å². The van der Waals surface area contributed by atoms with E-state index in [9.17, 15) is 0 Å². The zero-order chi connectivity index (χ0) is 16.2. The van der Waals surface area contributed by atoms with Gasteiger partial charge in [0, 0.05) is 30.3 Å². The van der Waals surface area contributed by atoms with Gasteiger partial charge in [-0.1, -0.05) is 0 Å². The quantitative estimate of drug-likeness (QED) is 0.760. The minimum Gasteiger partial charge on any atom is -0.497 e. The van der Waals surface area contributed by atoms with Crippen LogP contribution in [0.2, 0.25) is 0 Å². The van der Waals surface area contributed by atoms with Crippen LogP contribution in [0.5, 0.6) is 5.75 Å². The molecule has 2 aromatic heterocycles. The van der Waals surface area contributed by atoms with Gasteiger partial charge in [-0.05, 0) is 44.3 Å². The lowest BCUT2D eigenvalue weighted by atomic mass is 10.3. The third-order valence-electron chi connectivity index (χ3n) is 3.67. The van der Waals surface area contributed by atoms with Crippen molar-refractivity contribution in [1.29, 1.82) is 0 Å². The first-order valence-electron chi connectivity index (χ1n) is 7.52. The Balaban J connectivity index is 1.72. The van der Waals surface area contributed by atoms with Crippen molar-refractivity contribution in [1.82, 2.24) is 24.6 Å². The van der Waals surface area contributed by atoms with Crippen LogP contribution >= 0.6 is 0 Å². The van der Waals surface area contributed by atoms with E-state index in [4.69, 9.17) is 4.74 Å². The SMILES string of the molecule is COc1ccc(-n2ccnc2CN(C)Cc2cc(C)[nH]n2)cc1. The van der Waals surface area contributed by atoms with Crippen molar-refractivity contribution in [3.8, 4) is 11.4 Å². The van der Waals surface area contributed by atoms with Gasteiger partial charge in [-0.3, -0.25) is 10.00 Å². The molecule has 0 aliphatic rings. The van der Waals surface area contributed by atoms with Crippen LogP contribution in [-0.4, -0.2) is 38.8 Å². The summed E-state index contributed by atoms with van der Waals surface area (Å²) in [6.07, 6.45) is 3.80. The Bertz CT molecular complexity index is 759. The third-order valence-corrected chi connectivity index (χ3v) is 3.67. The van der Waals surface area contributed by atoms with Crippen molar-refractivity contribution in [3.63, 3.8) is 0 Å². The summed E-state index contributed by atoms with van der Waals surface area (Å²) in [4.78, 5) is 6.68. The molecule has 2 heterocycles. The Morgan fingerprint density at radius 1 is 1.22 bits per heavy atom. The number of aromatic amines is 1. The number of hydrogen-bond acceptors (Lipinski definition) is 4. The van der Waals surface area contributed by atoms with E-state index in [2.05, 4.69) is 37.8 Å². The number of H-pyrrole nitrogens is 1. The summed E-state index contributed by atoms with van der Waals surface area (Å²) in [5, 5.41) is 7.25. The van der Waals surface area contributed by atoms with Crippen LogP contribution in [0.4, 0.5) is 0 Å². The standard InChI is InChI=1S/C17H21N5O/c1-13-10-14(20-19-13)11-21(2)12-17-18-8-9-22(17)15-4-6-16(23-3)7-5-15/h4-10H,11-12H2,1-3H3,(H,19,20). The molecule has 23 heavy (non-hydrogen) atoms. The molecule has 0 bridgehead atoms. The van der Waals surface area contributed by atoms with Crippen molar-refractivity contribution in [2.45, 2.75) is 20.0 Å². The Hall–Kier alpha value is -2.60. The molecule has 0 fully saturated rings. The van der Waals surface area contributed by atoms with Crippen LogP contribution in [-0.2, 0) is 13.1 Å². The van der Waals surface area contributed by atoms with E-state index in [-0.39, 0.29) is 0 Å². The van der Waals surface area contributed by atoms with Gasteiger partial charge >= 0.3 is 0 Å². The first-order valence-corrected chi connectivity index (χ1v) is 7.52. The van der Waals surface area contributed by atoms with Gasteiger partial charge in [-0.15, -0.1) is 0 Å². The molecule has 0 aliphatic heterocycles. The minimum atomic E-state index is 0.741. The van der Waals surface area contributed by atoms with Gasteiger partial charge in [0.15, 0.2) is 0 Å². The highest BCUT2D eigenvalue weighted by Gasteiger charge is 2.10. The number of nitrogens with one attached hydrogen (secondary N) is 1. The number of hydrogen-bond donors (Lipinski definition) is 1. The molecule has 0 atom stereocenters. The Morgan fingerprint density at radius 3 is 2.65 bits per heavy atom. The van der Waals surface area contributed by atoms with Crippen LogP contribution in [0.3, 0.4) is 0 Å². The maximum absolute atomic E-state index is 5.21. The first-order chi connectivity index (χ1) is 11.2. The second-order valence-corrected chi connectivity index (χ2v) is 5.63. The second kappa shape index (κ2) is 6.66. The summed E-state index contributed by atoms with van der Waals surface area (Å²) in [6.45, 7) is 3.53. The monoisotopic (exact) mass is 311 g/mol. The van der Waals surface area contributed by atoms with Gasteiger partial charge in [0.05, 0.1) is 19.3 Å². The largest absolute Gasteiger partial charge is 0.497 e. The number of aryl methyl sites for hydroxylation is 1. The van der Waals surface area contributed by atoms with Gasteiger partial charge in [0.2, 0.25) is 0 Å². The molecule has 0 amide bonds. The average Bonchev–Trinajstić information content (AvgIpc) is 3.16. The van der Waals surface area contributed by atoms with Gasteiger partial charge in [0.25, 0.3) is 0 Å². The first kappa shape index (κ1) is 15.3. The smallest absolute Gasteiger partial charge is 0.127 e. The van der Waals surface area contributed by atoms with Crippen molar-refractivity contribution in [3.05, 3.63) is 59.9 Å². The fourth-order valence-electron chi connectivity index (χ4n) is 2.56. The number of ether oxygens (including phenoxy) is 1. The predicted molar refractivity (Wildman–Crippen MR) is 88.6 cm³/mol. The van der Waals surface area contributed by atoms with Crippen molar-refractivity contribution in [2.75, 3.05) is 14.2 Å². The number of aromatic nitrogens is 4. The van der Waals surface area contributed by atoms with E-state index in [1.165, 1.54) is 0 Å². The number of benzene rings is 1. The number of rotatable bonds is 6. The van der Waals surface area contributed by atoms with Crippen molar-refractivity contribution in [2.24, 2.45) is 0 Å². The molecule has 0 spiro atoms. The lowest BCUT2D eigenvalue weighted by molar-refractivity contribution is 0.305. The topological polar surface area (TPSA) is 59.0 Å². The number of imidazole rings is 1. The Kier molecular flexibility index (Phi) is 4.43. The molecule has 1 N–H and O–H groups in total. The molecule has 3 aromatic rings. The van der Waals surface area contributed by atoms with Crippen LogP contribution in [0.25, 0.3) is 5.69 Å². The molecular formula is C17H21N5O. The summed E-state index contributed by atoms with van der Waals surface area (Å²) < 4.78 is 7.30. The molecule has 120 valence electrons. The number of nitrogens with zero attached hydrogens (tertiary/aromatic N) is 4. The molecule has 6 nitrogen and oxygen atoms in total. The summed E-state index contributed by atoms with van der Waals surface area (Å²) in [7, 11) is 3.74.